The Hall–Kier alpha value is -1.30. The predicted molar refractivity (Wildman–Crippen MR) is 69.8 cm³/mol. The lowest BCUT2D eigenvalue weighted by atomic mass is 10.1. The second-order valence-electron chi connectivity index (χ2n) is 4.74. The standard InChI is InChI=1S/C14H19NO4/c1-15-12(9-19-11-7-16-8-11)10-2-3-13-14(6-10)18-5-4-17-13/h2-3,6,11-12,15H,4-5,7-9H2,1H3. The number of hydrogen-bond donors (Lipinski definition) is 1. The maximum absolute atomic E-state index is 5.77. The molecule has 1 unspecified atom stereocenters. The Bertz CT molecular complexity index is 433. The van der Waals surface area contributed by atoms with Crippen molar-refractivity contribution in [2.24, 2.45) is 0 Å². The number of hydrogen-bond acceptors (Lipinski definition) is 5. The average molecular weight is 265 g/mol. The van der Waals surface area contributed by atoms with Crippen molar-refractivity contribution in [1.29, 1.82) is 0 Å². The molecule has 0 aliphatic carbocycles. The molecule has 1 N–H and O–H groups in total. The summed E-state index contributed by atoms with van der Waals surface area (Å²) in [6.45, 7) is 3.27. The Morgan fingerprint density at radius 3 is 2.74 bits per heavy atom. The fourth-order valence-corrected chi connectivity index (χ4v) is 2.17. The smallest absolute Gasteiger partial charge is 0.161 e. The Kier molecular flexibility index (Phi) is 3.87. The first-order chi connectivity index (χ1) is 9.36. The number of benzene rings is 1. The molecule has 1 aromatic rings. The molecule has 0 spiro atoms. The molecule has 1 saturated heterocycles. The van der Waals surface area contributed by atoms with E-state index in [1.807, 2.05) is 19.2 Å². The van der Waals surface area contributed by atoms with Crippen LogP contribution in [0.5, 0.6) is 11.5 Å². The van der Waals surface area contributed by atoms with Crippen molar-refractivity contribution < 1.29 is 18.9 Å². The lowest BCUT2D eigenvalue weighted by molar-refractivity contribution is -0.133. The van der Waals surface area contributed by atoms with E-state index in [0.717, 1.165) is 17.1 Å². The monoisotopic (exact) mass is 265 g/mol. The van der Waals surface area contributed by atoms with Crippen LogP contribution >= 0.6 is 0 Å². The van der Waals surface area contributed by atoms with E-state index in [1.165, 1.54) is 0 Å². The Morgan fingerprint density at radius 2 is 2.05 bits per heavy atom. The Morgan fingerprint density at radius 1 is 1.26 bits per heavy atom. The molecule has 0 radical (unpaired) electrons. The first-order valence-electron chi connectivity index (χ1n) is 6.63. The van der Waals surface area contributed by atoms with Gasteiger partial charge in [0.05, 0.1) is 25.9 Å². The first kappa shape index (κ1) is 12.7. The molecule has 5 nitrogen and oxygen atoms in total. The molecule has 0 amide bonds. The molecule has 5 heteroatoms. The third-order valence-electron chi connectivity index (χ3n) is 3.42. The molecule has 19 heavy (non-hydrogen) atoms. The number of nitrogens with one attached hydrogen (secondary N) is 1. The van der Waals surface area contributed by atoms with Gasteiger partial charge in [-0.15, -0.1) is 0 Å². The summed E-state index contributed by atoms with van der Waals surface area (Å²) in [6.07, 6.45) is 0.244. The highest BCUT2D eigenvalue weighted by Crippen LogP contribution is 2.32. The largest absolute Gasteiger partial charge is 0.486 e. The zero-order valence-electron chi connectivity index (χ0n) is 11.1. The molecule has 2 aliphatic heterocycles. The van der Waals surface area contributed by atoms with Crippen LogP contribution in [0.2, 0.25) is 0 Å². The number of rotatable bonds is 5. The van der Waals surface area contributed by atoms with Crippen molar-refractivity contribution in [3.63, 3.8) is 0 Å². The van der Waals surface area contributed by atoms with Crippen LogP contribution in [0, 0.1) is 0 Å². The molecule has 3 rings (SSSR count). The van der Waals surface area contributed by atoms with Gasteiger partial charge in [0.15, 0.2) is 11.5 Å². The highest BCUT2D eigenvalue weighted by molar-refractivity contribution is 5.44. The van der Waals surface area contributed by atoms with Gasteiger partial charge in [-0.25, -0.2) is 0 Å². The third kappa shape index (κ3) is 2.83. The van der Waals surface area contributed by atoms with E-state index in [2.05, 4.69) is 11.4 Å². The fraction of sp³-hybridized carbons (Fsp3) is 0.571. The van der Waals surface area contributed by atoms with Gasteiger partial charge in [0, 0.05) is 0 Å². The highest BCUT2D eigenvalue weighted by Gasteiger charge is 2.22. The van der Waals surface area contributed by atoms with E-state index in [9.17, 15) is 0 Å². The minimum atomic E-state index is 0.149. The van der Waals surface area contributed by atoms with Crippen LogP contribution in [0.25, 0.3) is 0 Å². The van der Waals surface area contributed by atoms with Gasteiger partial charge in [0.1, 0.15) is 19.3 Å². The minimum absolute atomic E-state index is 0.149. The number of likely N-dealkylation sites (N-methyl/N-ethyl adjacent to an activating group) is 1. The summed E-state index contributed by atoms with van der Waals surface area (Å²) in [6, 6.07) is 6.18. The lowest BCUT2D eigenvalue weighted by Crippen LogP contribution is -2.38. The minimum Gasteiger partial charge on any atom is -0.486 e. The van der Waals surface area contributed by atoms with Gasteiger partial charge in [0.2, 0.25) is 0 Å². The maximum atomic E-state index is 5.77. The van der Waals surface area contributed by atoms with Crippen LogP contribution < -0.4 is 14.8 Å². The summed E-state index contributed by atoms with van der Waals surface area (Å²) in [5, 5.41) is 3.27. The zero-order valence-corrected chi connectivity index (χ0v) is 11.1. The van der Waals surface area contributed by atoms with Crippen LogP contribution in [0.15, 0.2) is 18.2 Å². The molecule has 1 fully saturated rings. The van der Waals surface area contributed by atoms with E-state index >= 15 is 0 Å². The Balaban J connectivity index is 1.67. The zero-order chi connectivity index (χ0) is 13.1. The van der Waals surface area contributed by atoms with Crippen LogP contribution in [0.4, 0.5) is 0 Å². The van der Waals surface area contributed by atoms with Gasteiger partial charge in [-0.05, 0) is 24.7 Å². The second-order valence-corrected chi connectivity index (χ2v) is 4.74. The fourth-order valence-electron chi connectivity index (χ4n) is 2.17. The molecule has 0 aromatic heterocycles. The van der Waals surface area contributed by atoms with E-state index in [-0.39, 0.29) is 12.1 Å². The summed E-state index contributed by atoms with van der Waals surface area (Å²) in [5.41, 5.74) is 1.15. The van der Waals surface area contributed by atoms with Crippen LogP contribution in [-0.4, -0.2) is 46.2 Å². The molecule has 0 saturated carbocycles. The van der Waals surface area contributed by atoms with Crippen molar-refractivity contribution in [3.05, 3.63) is 23.8 Å². The van der Waals surface area contributed by atoms with Crippen LogP contribution in [0.1, 0.15) is 11.6 Å². The molecule has 2 aliphatic rings. The molecule has 104 valence electrons. The van der Waals surface area contributed by atoms with E-state index in [1.54, 1.807) is 0 Å². The highest BCUT2D eigenvalue weighted by atomic mass is 16.6. The van der Waals surface area contributed by atoms with Gasteiger partial charge in [-0.3, -0.25) is 0 Å². The lowest BCUT2D eigenvalue weighted by Gasteiger charge is -2.28. The third-order valence-corrected chi connectivity index (χ3v) is 3.42. The van der Waals surface area contributed by atoms with Gasteiger partial charge >= 0.3 is 0 Å². The van der Waals surface area contributed by atoms with Crippen molar-refractivity contribution >= 4 is 0 Å². The van der Waals surface area contributed by atoms with Gasteiger partial charge < -0.3 is 24.3 Å². The van der Waals surface area contributed by atoms with Crippen molar-refractivity contribution in [2.75, 3.05) is 40.1 Å². The van der Waals surface area contributed by atoms with E-state index in [0.29, 0.717) is 33.0 Å². The maximum Gasteiger partial charge on any atom is 0.161 e. The first-order valence-corrected chi connectivity index (χ1v) is 6.63. The number of ether oxygens (including phenoxy) is 4. The average Bonchev–Trinajstić information content (AvgIpc) is 2.41. The summed E-state index contributed by atoms with van der Waals surface area (Å²) < 4.78 is 22.0. The molecule has 2 heterocycles. The van der Waals surface area contributed by atoms with E-state index in [4.69, 9.17) is 18.9 Å². The van der Waals surface area contributed by atoms with Gasteiger partial charge in [0.25, 0.3) is 0 Å². The second kappa shape index (κ2) is 5.77. The number of fused-ring (bicyclic) bond motifs is 1. The SMILES string of the molecule is CNC(COC1COC1)c1ccc2c(c1)OCCO2. The Labute approximate surface area is 112 Å². The van der Waals surface area contributed by atoms with Gasteiger partial charge in [-0.1, -0.05) is 6.07 Å². The van der Waals surface area contributed by atoms with Crippen molar-refractivity contribution in [2.45, 2.75) is 12.1 Å². The topological polar surface area (TPSA) is 49.0 Å². The van der Waals surface area contributed by atoms with Crippen LogP contribution in [-0.2, 0) is 9.47 Å². The normalized spacial score (nSPS) is 19.8. The van der Waals surface area contributed by atoms with Crippen molar-refractivity contribution in [3.8, 4) is 11.5 Å². The molecular formula is C14H19NO4. The summed E-state index contributed by atoms with van der Waals surface area (Å²) in [7, 11) is 1.93. The van der Waals surface area contributed by atoms with Crippen molar-refractivity contribution in [1.82, 2.24) is 5.32 Å². The summed E-state index contributed by atoms with van der Waals surface area (Å²) in [5.74, 6) is 1.63. The molecule has 1 atom stereocenters. The predicted octanol–water partition coefficient (Wildman–Crippen LogP) is 1.13. The van der Waals surface area contributed by atoms with E-state index < -0.39 is 0 Å². The molecule has 0 bridgehead atoms. The van der Waals surface area contributed by atoms with Gasteiger partial charge in [-0.2, -0.15) is 0 Å². The van der Waals surface area contributed by atoms with Crippen LogP contribution in [0.3, 0.4) is 0 Å². The summed E-state index contributed by atoms with van der Waals surface area (Å²) >= 11 is 0. The molecule has 1 aromatic carbocycles. The summed E-state index contributed by atoms with van der Waals surface area (Å²) in [4.78, 5) is 0. The quantitative estimate of drug-likeness (QED) is 0.865. The molecular weight excluding hydrogens is 246 g/mol.